The van der Waals surface area contributed by atoms with Crippen LogP contribution in [0.3, 0.4) is 0 Å². The van der Waals surface area contributed by atoms with Gasteiger partial charge in [0.1, 0.15) is 0 Å². The fourth-order valence-electron chi connectivity index (χ4n) is 7.11. The lowest BCUT2D eigenvalue weighted by Gasteiger charge is -2.12. The normalized spacial score (nSPS) is 11.4. The Hall–Kier alpha value is -2.78. The predicted molar refractivity (Wildman–Crippen MR) is 219 cm³/mol. The van der Waals surface area contributed by atoms with Crippen LogP contribution in [-0.4, -0.2) is 0 Å². The van der Waals surface area contributed by atoms with Crippen LogP contribution >= 0.6 is 22.7 Å². The van der Waals surface area contributed by atoms with Crippen LogP contribution in [0.15, 0.2) is 47.2 Å². The second kappa shape index (κ2) is 20.7. The van der Waals surface area contributed by atoms with Crippen LogP contribution in [-0.2, 0) is 0 Å². The van der Waals surface area contributed by atoms with Crippen molar-refractivity contribution in [1.29, 1.82) is 0 Å². The summed E-state index contributed by atoms with van der Waals surface area (Å²) < 4.78 is 2.67. The van der Waals surface area contributed by atoms with E-state index in [2.05, 4.69) is 84.7 Å². The zero-order chi connectivity index (χ0) is 33.2. The zero-order valence-electron chi connectivity index (χ0n) is 30.0. The number of benzene rings is 3. The molecule has 2 heterocycles. The van der Waals surface area contributed by atoms with Crippen molar-refractivity contribution < 1.29 is 0 Å². The molecule has 2 aromatic heterocycles. The molecular formula is C46H58S2. The largest absolute Gasteiger partial charge is 0.144 e. The molecule has 3 aromatic carbocycles. The average molecular weight is 675 g/mol. The Labute approximate surface area is 300 Å². The highest BCUT2D eigenvalue weighted by Crippen LogP contribution is 2.39. The van der Waals surface area contributed by atoms with Gasteiger partial charge in [-0.15, -0.1) is 22.7 Å². The Morgan fingerprint density at radius 3 is 1.12 bits per heavy atom. The molecule has 0 aliphatic heterocycles. The maximum atomic E-state index is 3.73. The quantitative estimate of drug-likeness (QED) is 0.0438. The lowest BCUT2D eigenvalue weighted by molar-refractivity contribution is 0.558. The third-order valence-corrected chi connectivity index (χ3v) is 11.8. The van der Waals surface area contributed by atoms with E-state index >= 15 is 0 Å². The van der Waals surface area contributed by atoms with Gasteiger partial charge in [-0.25, -0.2) is 0 Å². The summed E-state index contributed by atoms with van der Waals surface area (Å²) in [6, 6.07) is 14.1. The maximum Gasteiger partial charge on any atom is 0.0403 e. The van der Waals surface area contributed by atoms with E-state index in [0.717, 1.165) is 12.8 Å². The molecule has 0 N–H and O–H groups in total. The van der Waals surface area contributed by atoms with E-state index in [9.17, 15) is 0 Å². The highest BCUT2D eigenvalue weighted by Gasteiger charge is 2.15. The lowest BCUT2D eigenvalue weighted by atomic mass is 9.90. The van der Waals surface area contributed by atoms with Gasteiger partial charge in [0.2, 0.25) is 0 Å². The number of thiophene rings is 2. The smallest absolute Gasteiger partial charge is 0.0403 e. The van der Waals surface area contributed by atoms with Crippen molar-refractivity contribution in [2.45, 2.75) is 155 Å². The summed E-state index contributed by atoms with van der Waals surface area (Å²) in [4.78, 5) is 0. The van der Waals surface area contributed by atoms with E-state index in [4.69, 9.17) is 0 Å². The van der Waals surface area contributed by atoms with E-state index < -0.39 is 0 Å². The summed E-state index contributed by atoms with van der Waals surface area (Å²) in [5.41, 5.74) is 2.38. The van der Waals surface area contributed by atoms with Gasteiger partial charge in [0.25, 0.3) is 0 Å². The van der Waals surface area contributed by atoms with Crippen LogP contribution in [0.25, 0.3) is 41.7 Å². The van der Waals surface area contributed by atoms with Gasteiger partial charge in [-0.1, -0.05) is 153 Å². The molecule has 0 fully saturated rings. The Bertz CT molecular complexity index is 1600. The van der Waals surface area contributed by atoms with E-state index in [1.807, 2.05) is 22.7 Å². The van der Waals surface area contributed by atoms with Crippen molar-refractivity contribution in [3.63, 3.8) is 0 Å². The van der Waals surface area contributed by atoms with E-state index in [0.29, 0.717) is 0 Å². The summed E-state index contributed by atoms with van der Waals surface area (Å²) >= 11 is 3.65. The van der Waals surface area contributed by atoms with Crippen molar-refractivity contribution in [1.82, 2.24) is 0 Å². The van der Waals surface area contributed by atoms with Crippen LogP contribution in [0.1, 0.15) is 166 Å². The van der Waals surface area contributed by atoms with E-state index in [1.165, 1.54) is 181 Å². The van der Waals surface area contributed by atoms with Crippen LogP contribution < -0.4 is 0 Å². The molecule has 0 radical (unpaired) electrons. The van der Waals surface area contributed by atoms with Gasteiger partial charge in [-0.3, -0.25) is 0 Å². The molecule has 0 aliphatic carbocycles. The third-order valence-electron chi connectivity index (χ3n) is 10.00. The van der Waals surface area contributed by atoms with Crippen molar-refractivity contribution in [2.75, 3.05) is 0 Å². The van der Waals surface area contributed by atoms with Crippen LogP contribution in [0.2, 0.25) is 0 Å². The van der Waals surface area contributed by atoms with Gasteiger partial charge in [0.15, 0.2) is 0 Å². The summed E-state index contributed by atoms with van der Waals surface area (Å²) in [6.07, 6.45) is 29.1. The molecule has 0 unspecified atom stereocenters. The van der Waals surface area contributed by atoms with Gasteiger partial charge in [-0.2, -0.15) is 0 Å². The Morgan fingerprint density at radius 2 is 0.750 bits per heavy atom. The minimum atomic E-state index is 0.974. The molecule has 5 rings (SSSR count). The molecule has 48 heavy (non-hydrogen) atoms. The minimum Gasteiger partial charge on any atom is -0.144 e. The SMILES string of the molecule is CCCCCCCCCCCCC#Cc1c2cc3ccsc3cc2c(C#CCCCCCCCCCCCC)c2cc3ccsc3cc12. The van der Waals surface area contributed by atoms with Gasteiger partial charge in [0.05, 0.1) is 0 Å². The molecule has 2 heteroatoms. The van der Waals surface area contributed by atoms with Crippen molar-refractivity contribution >= 4 is 64.4 Å². The maximum absolute atomic E-state index is 3.73. The van der Waals surface area contributed by atoms with Crippen LogP contribution in [0, 0.1) is 23.7 Å². The van der Waals surface area contributed by atoms with Crippen LogP contribution in [0.4, 0.5) is 0 Å². The summed E-state index contributed by atoms with van der Waals surface area (Å²) in [5.74, 6) is 14.7. The number of hydrogen-bond donors (Lipinski definition) is 0. The summed E-state index contributed by atoms with van der Waals surface area (Å²) in [5, 5.41) is 12.1. The number of rotatable bonds is 20. The van der Waals surface area contributed by atoms with Gasteiger partial charge >= 0.3 is 0 Å². The van der Waals surface area contributed by atoms with Gasteiger partial charge in [0, 0.05) is 44.1 Å². The van der Waals surface area contributed by atoms with E-state index in [-0.39, 0.29) is 0 Å². The molecule has 0 spiro atoms. The third kappa shape index (κ3) is 10.6. The molecule has 0 amide bonds. The Morgan fingerprint density at radius 1 is 0.417 bits per heavy atom. The highest BCUT2D eigenvalue weighted by atomic mass is 32.1. The molecular weight excluding hydrogens is 617 g/mol. The zero-order valence-corrected chi connectivity index (χ0v) is 31.6. The lowest BCUT2D eigenvalue weighted by Crippen LogP contribution is -1.91. The Kier molecular flexibility index (Phi) is 15.7. The molecule has 0 bridgehead atoms. The van der Waals surface area contributed by atoms with Crippen LogP contribution in [0.5, 0.6) is 0 Å². The number of unbranched alkanes of at least 4 members (excludes halogenated alkanes) is 20. The fourth-order valence-corrected chi connectivity index (χ4v) is 8.73. The second-order valence-corrected chi connectivity index (χ2v) is 15.8. The topological polar surface area (TPSA) is 0 Å². The van der Waals surface area contributed by atoms with Crippen molar-refractivity contribution in [2.24, 2.45) is 0 Å². The monoisotopic (exact) mass is 674 g/mol. The van der Waals surface area contributed by atoms with Crippen molar-refractivity contribution in [3.8, 4) is 23.7 Å². The minimum absolute atomic E-state index is 0.974. The first-order chi connectivity index (χ1) is 23.8. The summed E-state index contributed by atoms with van der Waals surface area (Å²) in [7, 11) is 0. The first kappa shape index (κ1) is 36.5. The molecule has 254 valence electrons. The standard InChI is InChI=1S/C46H58S2/c1-3-5-7-9-11-13-15-17-19-21-23-25-27-39-41-33-37-29-31-48-46(37)36-44(41)40(42-34-38-30-32-47-45(38)35-43(39)42)28-26-24-22-20-18-16-14-12-10-8-6-4-2/h29-36H,3-24H2,1-2H3. The number of hydrogen-bond acceptors (Lipinski definition) is 2. The molecule has 0 saturated heterocycles. The highest BCUT2D eigenvalue weighted by molar-refractivity contribution is 7.17. The molecule has 0 saturated carbocycles. The van der Waals surface area contributed by atoms with E-state index in [1.54, 1.807) is 0 Å². The molecule has 0 atom stereocenters. The first-order valence-electron chi connectivity index (χ1n) is 19.6. The first-order valence-corrected chi connectivity index (χ1v) is 21.3. The van der Waals surface area contributed by atoms with Crippen molar-refractivity contribution in [3.05, 3.63) is 58.3 Å². The number of fused-ring (bicyclic) bond motifs is 4. The Balaban J connectivity index is 1.30. The average Bonchev–Trinajstić information content (AvgIpc) is 3.77. The predicted octanol–water partition coefficient (Wildman–Crippen LogP) is 15.7. The van der Waals surface area contributed by atoms with Gasteiger partial charge < -0.3 is 0 Å². The molecule has 0 nitrogen and oxygen atoms in total. The summed E-state index contributed by atoms with van der Waals surface area (Å²) in [6.45, 7) is 4.59. The molecule has 0 aliphatic rings. The fraction of sp³-hybridized carbons (Fsp3) is 0.522. The second-order valence-electron chi connectivity index (χ2n) is 13.9. The van der Waals surface area contributed by atoms with Gasteiger partial charge in [-0.05, 0) is 81.5 Å². The molecule has 5 aromatic rings.